The number of carbonyl (C=O) groups is 2. The summed E-state index contributed by atoms with van der Waals surface area (Å²) in [6.07, 6.45) is 1.89. The lowest BCUT2D eigenvalue weighted by atomic mass is 10.1. The maximum atomic E-state index is 13.5. The van der Waals surface area contributed by atoms with Gasteiger partial charge in [-0.15, -0.1) is 5.10 Å². The molecule has 1 amide bonds. The number of carbonyl (C=O) groups excluding carboxylic acids is 1. The highest BCUT2D eigenvalue weighted by molar-refractivity contribution is 5.96. The number of benzene rings is 2. The SMILES string of the molecule is O=C(O)CCc1cn(Cc2ccccc2C(=O)N2Cc3cc(F)c(F)cc3C2)nn1. The number of aromatic nitrogens is 3. The van der Waals surface area contributed by atoms with E-state index in [1.165, 1.54) is 0 Å². The monoisotopic (exact) mass is 412 g/mol. The zero-order valence-corrected chi connectivity index (χ0v) is 15.9. The van der Waals surface area contributed by atoms with Crippen molar-refractivity contribution in [1.29, 1.82) is 0 Å². The summed E-state index contributed by atoms with van der Waals surface area (Å²) < 4.78 is 28.6. The van der Waals surface area contributed by atoms with E-state index in [1.54, 1.807) is 40.0 Å². The van der Waals surface area contributed by atoms with Gasteiger partial charge in [0.15, 0.2) is 11.6 Å². The third-order valence-corrected chi connectivity index (χ3v) is 5.01. The van der Waals surface area contributed by atoms with Gasteiger partial charge in [-0.2, -0.15) is 0 Å². The molecule has 9 heteroatoms. The minimum absolute atomic E-state index is 0.0372. The normalized spacial score (nSPS) is 12.8. The van der Waals surface area contributed by atoms with Gasteiger partial charge in [0.1, 0.15) is 0 Å². The van der Waals surface area contributed by atoms with Crippen molar-refractivity contribution in [3.8, 4) is 0 Å². The van der Waals surface area contributed by atoms with Gasteiger partial charge in [-0.1, -0.05) is 23.4 Å². The Kier molecular flexibility index (Phi) is 5.26. The largest absolute Gasteiger partial charge is 0.481 e. The Hall–Kier alpha value is -3.62. The molecule has 0 spiro atoms. The van der Waals surface area contributed by atoms with Crippen molar-refractivity contribution in [1.82, 2.24) is 19.9 Å². The van der Waals surface area contributed by atoms with Crippen LogP contribution in [0.5, 0.6) is 0 Å². The van der Waals surface area contributed by atoms with E-state index < -0.39 is 17.6 Å². The third-order valence-electron chi connectivity index (χ3n) is 5.01. The van der Waals surface area contributed by atoms with E-state index >= 15 is 0 Å². The number of carboxylic acids is 1. The number of amides is 1. The van der Waals surface area contributed by atoms with E-state index in [2.05, 4.69) is 10.3 Å². The van der Waals surface area contributed by atoms with Crippen molar-refractivity contribution < 1.29 is 23.5 Å². The molecule has 0 fully saturated rings. The predicted octanol–water partition coefficient (Wildman–Crippen LogP) is 2.78. The van der Waals surface area contributed by atoms with Gasteiger partial charge in [-0.05, 0) is 34.9 Å². The Morgan fingerprint density at radius 1 is 1.07 bits per heavy atom. The first-order valence-corrected chi connectivity index (χ1v) is 9.35. The number of aliphatic carboxylic acids is 1. The molecule has 1 aromatic heterocycles. The summed E-state index contributed by atoms with van der Waals surface area (Å²) in [6.45, 7) is 0.705. The molecule has 1 aliphatic rings. The molecule has 0 saturated carbocycles. The van der Waals surface area contributed by atoms with Gasteiger partial charge in [0, 0.05) is 31.3 Å². The standard InChI is InChI=1S/C21H18F2N4O3/c22-18-7-14-9-26(10-15(14)8-19(18)23)21(30)17-4-2-1-3-13(17)11-27-12-16(24-25-27)5-6-20(28)29/h1-4,7-8,12H,5-6,9-11H2,(H,28,29). The van der Waals surface area contributed by atoms with Crippen molar-refractivity contribution in [2.45, 2.75) is 32.5 Å². The molecular weight excluding hydrogens is 394 g/mol. The predicted molar refractivity (Wildman–Crippen MR) is 101 cm³/mol. The maximum Gasteiger partial charge on any atom is 0.303 e. The van der Waals surface area contributed by atoms with Crippen LogP contribution in [0, 0.1) is 11.6 Å². The summed E-state index contributed by atoms with van der Waals surface area (Å²) >= 11 is 0. The van der Waals surface area contributed by atoms with Crippen LogP contribution in [0.2, 0.25) is 0 Å². The summed E-state index contributed by atoms with van der Waals surface area (Å²) in [5.41, 5.74) is 2.93. The molecule has 0 saturated heterocycles. The molecule has 2 heterocycles. The minimum Gasteiger partial charge on any atom is -0.481 e. The van der Waals surface area contributed by atoms with E-state index in [1.807, 2.05) is 0 Å². The summed E-state index contributed by atoms with van der Waals surface area (Å²) in [7, 11) is 0. The van der Waals surface area contributed by atoms with Gasteiger partial charge < -0.3 is 10.0 Å². The number of hydrogen-bond donors (Lipinski definition) is 1. The maximum absolute atomic E-state index is 13.5. The molecule has 3 aromatic rings. The second kappa shape index (κ2) is 8.02. The fourth-order valence-corrected chi connectivity index (χ4v) is 3.51. The van der Waals surface area contributed by atoms with Crippen LogP contribution < -0.4 is 0 Å². The molecule has 2 aromatic carbocycles. The highest BCUT2D eigenvalue weighted by Gasteiger charge is 2.27. The Bertz CT molecular complexity index is 1100. The molecule has 0 atom stereocenters. The highest BCUT2D eigenvalue weighted by atomic mass is 19.2. The van der Waals surface area contributed by atoms with E-state index in [-0.39, 0.29) is 38.4 Å². The number of aryl methyl sites for hydroxylation is 1. The van der Waals surface area contributed by atoms with E-state index in [9.17, 15) is 18.4 Å². The molecule has 0 aliphatic carbocycles. The molecule has 1 N–H and O–H groups in total. The number of nitrogens with zero attached hydrogens (tertiary/aromatic N) is 4. The molecule has 0 radical (unpaired) electrons. The number of hydrogen-bond acceptors (Lipinski definition) is 4. The number of halogens is 2. The lowest BCUT2D eigenvalue weighted by Crippen LogP contribution is -2.26. The van der Waals surface area contributed by atoms with Gasteiger partial charge >= 0.3 is 5.97 Å². The van der Waals surface area contributed by atoms with Crippen molar-refractivity contribution in [3.63, 3.8) is 0 Å². The second-order valence-electron chi connectivity index (χ2n) is 7.15. The van der Waals surface area contributed by atoms with Crippen LogP contribution in [0.1, 0.15) is 39.2 Å². The van der Waals surface area contributed by atoms with Gasteiger partial charge in [0.05, 0.1) is 18.7 Å². The lowest BCUT2D eigenvalue weighted by molar-refractivity contribution is -0.136. The summed E-state index contributed by atoms with van der Waals surface area (Å²) in [5, 5.41) is 16.7. The third kappa shape index (κ3) is 4.05. The van der Waals surface area contributed by atoms with E-state index in [0.717, 1.165) is 12.1 Å². The molecule has 0 bridgehead atoms. The first-order valence-electron chi connectivity index (χ1n) is 9.35. The number of fused-ring (bicyclic) bond motifs is 1. The van der Waals surface area contributed by atoms with Crippen LogP contribution in [0.15, 0.2) is 42.6 Å². The van der Waals surface area contributed by atoms with Crippen LogP contribution in [0.4, 0.5) is 8.78 Å². The highest BCUT2D eigenvalue weighted by Crippen LogP contribution is 2.27. The molecule has 0 unspecified atom stereocenters. The fraction of sp³-hybridized carbons (Fsp3) is 0.238. The number of carboxylic acid groups (broad SMARTS) is 1. The quantitative estimate of drug-likeness (QED) is 0.673. The van der Waals surface area contributed by atoms with Crippen LogP contribution in [0.25, 0.3) is 0 Å². The van der Waals surface area contributed by atoms with Crippen LogP contribution >= 0.6 is 0 Å². The average Bonchev–Trinajstić information content (AvgIpc) is 3.33. The van der Waals surface area contributed by atoms with Crippen molar-refractivity contribution in [2.24, 2.45) is 0 Å². The average molecular weight is 412 g/mol. The molecule has 4 rings (SSSR count). The van der Waals surface area contributed by atoms with Crippen LogP contribution in [-0.4, -0.2) is 36.9 Å². The lowest BCUT2D eigenvalue weighted by Gasteiger charge is -2.17. The van der Waals surface area contributed by atoms with Gasteiger partial charge in [-0.3, -0.25) is 9.59 Å². The van der Waals surface area contributed by atoms with Crippen molar-refractivity contribution in [3.05, 3.63) is 82.2 Å². The Balaban J connectivity index is 1.51. The second-order valence-corrected chi connectivity index (χ2v) is 7.15. The Labute approximate surface area is 170 Å². The van der Waals surface area contributed by atoms with Gasteiger partial charge in [0.25, 0.3) is 5.91 Å². The van der Waals surface area contributed by atoms with E-state index in [4.69, 9.17) is 5.11 Å². The van der Waals surface area contributed by atoms with Crippen LogP contribution in [0.3, 0.4) is 0 Å². The Morgan fingerprint density at radius 3 is 2.40 bits per heavy atom. The molecule has 7 nitrogen and oxygen atoms in total. The van der Waals surface area contributed by atoms with E-state index in [0.29, 0.717) is 27.9 Å². The van der Waals surface area contributed by atoms with Crippen LogP contribution in [-0.2, 0) is 30.8 Å². The summed E-state index contributed by atoms with van der Waals surface area (Å²) in [4.78, 5) is 25.3. The summed E-state index contributed by atoms with van der Waals surface area (Å²) in [6, 6.07) is 9.32. The molecule has 1 aliphatic heterocycles. The Morgan fingerprint density at radius 2 is 1.73 bits per heavy atom. The molecular formula is C21H18F2N4O3. The zero-order valence-electron chi connectivity index (χ0n) is 15.9. The fourth-order valence-electron chi connectivity index (χ4n) is 3.51. The first kappa shape index (κ1) is 19.7. The smallest absolute Gasteiger partial charge is 0.303 e. The number of rotatable bonds is 6. The van der Waals surface area contributed by atoms with Crippen molar-refractivity contribution >= 4 is 11.9 Å². The first-order chi connectivity index (χ1) is 14.4. The zero-order chi connectivity index (χ0) is 21.3. The molecule has 30 heavy (non-hydrogen) atoms. The van der Waals surface area contributed by atoms with Gasteiger partial charge in [0.2, 0.25) is 0 Å². The topological polar surface area (TPSA) is 88.3 Å². The summed E-state index contributed by atoms with van der Waals surface area (Å²) in [5.74, 6) is -3.00. The molecule has 154 valence electrons. The minimum atomic E-state index is -0.923. The van der Waals surface area contributed by atoms with Gasteiger partial charge in [-0.25, -0.2) is 13.5 Å². The van der Waals surface area contributed by atoms with Crippen molar-refractivity contribution in [2.75, 3.05) is 0 Å².